The van der Waals surface area contributed by atoms with E-state index >= 15 is 0 Å². The lowest BCUT2D eigenvalue weighted by atomic mass is 9.90. The molecule has 2 aromatic rings. The first-order valence-corrected chi connectivity index (χ1v) is 7.23. The van der Waals surface area contributed by atoms with Gasteiger partial charge in [-0.3, -0.25) is 4.79 Å². The van der Waals surface area contributed by atoms with Crippen LogP contribution in [0, 0.1) is 0 Å². The highest BCUT2D eigenvalue weighted by atomic mass is 79.9. The van der Waals surface area contributed by atoms with Crippen LogP contribution in [0.2, 0.25) is 0 Å². The molecule has 3 N–H and O–H groups in total. The number of rotatable bonds is 5. The average molecular weight is 349 g/mol. The topological polar surface area (TPSA) is 64.3 Å². The summed E-state index contributed by atoms with van der Waals surface area (Å²) in [6.07, 6.45) is 0. The Morgan fingerprint density at radius 1 is 1.24 bits per heavy atom. The molecule has 0 heterocycles. The van der Waals surface area contributed by atoms with Crippen molar-refractivity contribution >= 4 is 27.5 Å². The lowest BCUT2D eigenvalue weighted by molar-refractivity contribution is -0.122. The molecule has 0 aromatic heterocycles. The van der Waals surface area contributed by atoms with Crippen molar-refractivity contribution in [1.29, 1.82) is 0 Å². The summed E-state index contributed by atoms with van der Waals surface area (Å²) in [6.45, 7) is 1.76. The monoisotopic (exact) mass is 348 g/mol. The summed E-state index contributed by atoms with van der Waals surface area (Å²) in [6, 6.07) is 14.9. The number of ether oxygens (including phenoxy) is 1. The smallest absolute Gasteiger partial charge is 0.247 e. The van der Waals surface area contributed by atoms with Crippen molar-refractivity contribution in [1.82, 2.24) is 0 Å². The van der Waals surface area contributed by atoms with Gasteiger partial charge in [0.05, 0.1) is 7.11 Å². The fraction of sp³-hybridized carbons (Fsp3) is 0.188. The molecular formula is C16H17BrN2O2. The molecule has 110 valence electrons. The second kappa shape index (κ2) is 6.18. The van der Waals surface area contributed by atoms with Gasteiger partial charge in [0, 0.05) is 10.2 Å². The zero-order valence-corrected chi connectivity index (χ0v) is 13.5. The first-order chi connectivity index (χ1) is 9.95. The molecule has 1 atom stereocenters. The van der Waals surface area contributed by atoms with E-state index in [2.05, 4.69) is 21.2 Å². The van der Waals surface area contributed by atoms with Gasteiger partial charge in [-0.25, -0.2) is 0 Å². The molecule has 5 heteroatoms. The van der Waals surface area contributed by atoms with Gasteiger partial charge in [-0.2, -0.15) is 0 Å². The van der Waals surface area contributed by atoms with Gasteiger partial charge in [0.2, 0.25) is 5.91 Å². The summed E-state index contributed by atoms with van der Waals surface area (Å²) < 4.78 is 6.18. The van der Waals surface area contributed by atoms with Crippen LogP contribution in [-0.4, -0.2) is 13.0 Å². The number of hydrogen-bond donors (Lipinski definition) is 2. The number of amides is 1. The molecule has 0 saturated heterocycles. The van der Waals surface area contributed by atoms with Crippen LogP contribution in [0.4, 0.5) is 5.69 Å². The fourth-order valence-corrected chi connectivity index (χ4v) is 2.30. The van der Waals surface area contributed by atoms with Crippen LogP contribution in [0.25, 0.3) is 0 Å². The van der Waals surface area contributed by atoms with Gasteiger partial charge in [0.25, 0.3) is 0 Å². The third-order valence-electron chi connectivity index (χ3n) is 3.38. The molecular weight excluding hydrogens is 332 g/mol. The number of carbonyl (C=O) groups is 1. The van der Waals surface area contributed by atoms with E-state index in [-0.39, 0.29) is 0 Å². The van der Waals surface area contributed by atoms with Crippen LogP contribution in [0.3, 0.4) is 0 Å². The summed E-state index contributed by atoms with van der Waals surface area (Å²) in [4.78, 5) is 12.0. The number of hydrogen-bond acceptors (Lipinski definition) is 3. The number of halogens is 1. The van der Waals surface area contributed by atoms with Gasteiger partial charge in [0.15, 0.2) is 0 Å². The van der Waals surface area contributed by atoms with E-state index < -0.39 is 11.4 Å². The number of primary amides is 1. The van der Waals surface area contributed by atoms with E-state index in [4.69, 9.17) is 10.5 Å². The Labute approximate surface area is 132 Å². The van der Waals surface area contributed by atoms with Crippen LogP contribution in [0.1, 0.15) is 12.5 Å². The first-order valence-electron chi connectivity index (χ1n) is 6.44. The molecule has 2 aromatic carbocycles. The standard InChI is InChI=1S/C16H17BrN2O2/c1-16(15(18)20,11-4-3-5-14(10-11)21-2)19-13-8-6-12(17)7-9-13/h3-10,19H,1-2H3,(H2,18,20). The van der Waals surface area contributed by atoms with Gasteiger partial charge in [0.1, 0.15) is 11.3 Å². The normalized spacial score (nSPS) is 13.3. The van der Waals surface area contributed by atoms with Crippen molar-refractivity contribution < 1.29 is 9.53 Å². The number of nitrogens with two attached hydrogens (primary N) is 1. The Morgan fingerprint density at radius 2 is 1.90 bits per heavy atom. The SMILES string of the molecule is COc1cccc(C(C)(Nc2ccc(Br)cc2)C(N)=O)c1. The molecule has 0 bridgehead atoms. The molecule has 1 unspecified atom stereocenters. The van der Waals surface area contributed by atoms with Crippen LogP contribution in [0.5, 0.6) is 5.75 Å². The molecule has 4 nitrogen and oxygen atoms in total. The lowest BCUT2D eigenvalue weighted by Gasteiger charge is -2.29. The molecule has 0 spiro atoms. The van der Waals surface area contributed by atoms with Gasteiger partial charge < -0.3 is 15.8 Å². The minimum absolute atomic E-state index is 0.460. The molecule has 2 rings (SSSR count). The molecule has 0 radical (unpaired) electrons. The molecule has 0 saturated carbocycles. The first kappa shape index (κ1) is 15.4. The highest BCUT2D eigenvalue weighted by Gasteiger charge is 2.33. The molecule has 0 fully saturated rings. The number of anilines is 1. The van der Waals surface area contributed by atoms with Crippen molar-refractivity contribution in [3.8, 4) is 5.75 Å². The molecule has 1 amide bonds. The fourth-order valence-electron chi connectivity index (χ4n) is 2.03. The predicted octanol–water partition coefficient (Wildman–Crippen LogP) is 3.27. The van der Waals surface area contributed by atoms with E-state index in [1.807, 2.05) is 42.5 Å². The predicted molar refractivity (Wildman–Crippen MR) is 87.3 cm³/mol. The third-order valence-corrected chi connectivity index (χ3v) is 3.91. The Morgan fingerprint density at radius 3 is 2.48 bits per heavy atom. The molecule has 0 aliphatic carbocycles. The van der Waals surface area contributed by atoms with E-state index in [0.29, 0.717) is 5.75 Å². The third kappa shape index (κ3) is 3.36. The summed E-state index contributed by atoms with van der Waals surface area (Å²) in [5.74, 6) is 0.219. The minimum atomic E-state index is -1.03. The molecule has 0 aliphatic heterocycles. The van der Waals surface area contributed by atoms with Crippen LogP contribution in [0.15, 0.2) is 53.0 Å². The van der Waals surface area contributed by atoms with Crippen molar-refractivity contribution in [2.24, 2.45) is 5.73 Å². The maximum absolute atomic E-state index is 12.0. The van der Waals surface area contributed by atoms with Crippen molar-refractivity contribution in [3.05, 3.63) is 58.6 Å². The Kier molecular flexibility index (Phi) is 4.53. The highest BCUT2D eigenvalue weighted by Crippen LogP contribution is 2.29. The van der Waals surface area contributed by atoms with Gasteiger partial charge in [-0.05, 0) is 48.9 Å². The van der Waals surface area contributed by atoms with Crippen molar-refractivity contribution in [2.45, 2.75) is 12.5 Å². The van der Waals surface area contributed by atoms with E-state index in [1.165, 1.54) is 0 Å². The largest absolute Gasteiger partial charge is 0.497 e. The van der Waals surface area contributed by atoms with Crippen LogP contribution < -0.4 is 15.8 Å². The number of nitrogens with one attached hydrogen (secondary N) is 1. The summed E-state index contributed by atoms with van der Waals surface area (Å²) in [7, 11) is 1.59. The van der Waals surface area contributed by atoms with E-state index in [1.54, 1.807) is 20.1 Å². The highest BCUT2D eigenvalue weighted by molar-refractivity contribution is 9.10. The van der Waals surface area contributed by atoms with Gasteiger partial charge in [-0.15, -0.1) is 0 Å². The maximum atomic E-state index is 12.0. The van der Waals surface area contributed by atoms with Crippen molar-refractivity contribution in [3.63, 3.8) is 0 Å². The summed E-state index contributed by atoms with van der Waals surface area (Å²) in [5.41, 5.74) is 6.15. The van der Waals surface area contributed by atoms with E-state index in [9.17, 15) is 4.79 Å². The number of benzene rings is 2. The Bertz CT molecular complexity index is 643. The lowest BCUT2D eigenvalue weighted by Crippen LogP contribution is -2.45. The Balaban J connectivity index is 2.39. The quantitative estimate of drug-likeness (QED) is 0.871. The van der Waals surface area contributed by atoms with Crippen LogP contribution >= 0.6 is 15.9 Å². The zero-order chi connectivity index (χ0) is 15.5. The van der Waals surface area contributed by atoms with E-state index in [0.717, 1.165) is 15.7 Å². The maximum Gasteiger partial charge on any atom is 0.247 e. The number of carbonyl (C=O) groups excluding carboxylic acids is 1. The zero-order valence-electron chi connectivity index (χ0n) is 11.9. The van der Waals surface area contributed by atoms with Crippen molar-refractivity contribution in [2.75, 3.05) is 12.4 Å². The summed E-state index contributed by atoms with van der Waals surface area (Å²) >= 11 is 3.38. The average Bonchev–Trinajstić information content (AvgIpc) is 2.49. The second-order valence-corrected chi connectivity index (χ2v) is 5.77. The Hall–Kier alpha value is -2.01. The van der Waals surface area contributed by atoms with Gasteiger partial charge in [-0.1, -0.05) is 28.1 Å². The number of methoxy groups -OCH3 is 1. The minimum Gasteiger partial charge on any atom is -0.497 e. The summed E-state index contributed by atoms with van der Waals surface area (Å²) in [5, 5.41) is 3.20. The molecule has 21 heavy (non-hydrogen) atoms. The second-order valence-electron chi connectivity index (χ2n) is 4.85. The van der Waals surface area contributed by atoms with Gasteiger partial charge >= 0.3 is 0 Å². The molecule has 0 aliphatic rings. The van der Waals surface area contributed by atoms with Crippen LogP contribution in [-0.2, 0) is 10.3 Å².